The van der Waals surface area contributed by atoms with Crippen LogP contribution in [0.4, 0.5) is 0 Å². The van der Waals surface area contributed by atoms with Gasteiger partial charge in [0.1, 0.15) is 23.0 Å². The molecule has 0 atom stereocenters. The maximum Gasteiger partial charge on any atom is 0.343 e. The molecule has 0 saturated heterocycles. The molecule has 0 saturated carbocycles. The number of hydrogen-bond donors (Lipinski definition) is 0. The van der Waals surface area contributed by atoms with Gasteiger partial charge in [0.05, 0.1) is 24.3 Å². The topological polar surface area (TPSA) is 95.8 Å². The van der Waals surface area contributed by atoms with Gasteiger partial charge in [0.15, 0.2) is 0 Å². The fourth-order valence-electron chi connectivity index (χ4n) is 6.37. The molecule has 4 aromatic rings. The van der Waals surface area contributed by atoms with Crippen LogP contribution < -0.4 is 18.9 Å². The Morgan fingerprint density at radius 2 is 0.729 bits per heavy atom. The Hall–Kier alpha value is -5.24. The van der Waals surface area contributed by atoms with Crippen molar-refractivity contribution in [2.24, 2.45) is 9.98 Å². The van der Waals surface area contributed by atoms with Crippen LogP contribution >= 0.6 is 0 Å². The van der Waals surface area contributed by atoms with Crippen LogP contribution in [0.5, 0.6) is 23.0 Å². The van der Waals surface area contributed by atoms with Crippen molar-refractivity contribution in [3.8, 4) is 23.0 Å². The van der Waals surface area contributed by atoms with E-state index in [0.29, 0.717) is 35.8 Å². The van der Waals surface area contributed by atoms with Gasteiger partial charge in [-0.1, -0.05) is 97.3 Å². The van der Waals surface area contributed by atoms with Gasteiger partial charge >= 0.3 is 11.9 Å². The van der Waals surface area contributed by atoms with Crippen molar-refractivity contribution in [3.05, 3.63) is 119 Å². The summed E-state index contributed by atoms with van der Waals surface area (Å²) < 4.78 is 22.8. The van der Waals surface area contributed by atoms with Crippen LogP contribution in [0.15, 0.2) is 107 Å². The molecule has 0 bridgehead atoms. The van der Waals surface area contributed by atoms with Gasteiger partial charge in [0.25, 0.3) is 0 Å². The van der Waals surface area contributed by atoms with Gasteiger partial charge in [0.2, 0.25) is 0 Å². The highest BCUT2D eigenvalue weighted by atomic mass is 16.5. The second kappa shape index (κ2) is 29.0. The first-order valence-corrected chi connectivity index (χ1v) is 22.1. The minimum Gasteiger partial charge on any atom is -0.494 e. The molecule has 0 N–H and O–H groups in total. The van der Waals surface area contributed by atoms with Gasteiger partial charge < -0.3 is 18.9 Å². The molecule has 0 aliphatic heterocycles. The molecule has 0 aliphatic carbocycles. The normalized spacial score (nSPS) is 11.3. The Kier molecular flexibility index (Phi) is 22.9. The van der Waals surface area contributed by atoms with Gasteiger partial charge in [-0.15, -0.1) is 0 Å². The van der Waals surface area contributed by atoms with E-state index in [2.05, 4.69) is 23.8 Å². The molecule has 8 heteroatoms. The van der Waals surface area contributed by atoms with Crippen LogP contribution in [0.2, 0.25) is 0 Å². The summed E-state index contributed by atoms with van der Waals surface area (Å²) in [6, 6.07) is 29.1. The van der Waals surface area contributed by atoms with E-state index >= 15 is 0 Å². The van der Waals surface area contributed by atoms with Crippen LogP contribution in [-0.4, -0.2) is 50.7 Å². The number of carbonyl (C=O) groups is 2. The summed E-state index contributed by atoms with van der Waals surface area (Å²) in [6.45, 7) is 7.39. The molecule has 0 fully saturated rings. The van der Waals surface area contributed by atoms with Crippen LogP contribution in [-0.2, 0) is 0 Å². The summed E-state index contributed by atoms with van der Waals surface area (Å²) in [5.74, 6) is 1.75. The molecule has 0 unspecified atom stereocenters. The van der Waals surface area contributed by atoms with E-state index in [4.69, 9.17) is 18.9 Å². The lowest BCUT2D eigenvalue weighted by Gasteiger charge is -2.08. The number of unbranched alkanes of at least 4 members (excludes halogenated alkanes) is 14. The van der Waals surface area contributed by atoms with Gasteiger partial charge in [-0.05, 0) is 134 Å². The highest BCUT2D eigenvalue weighted by molar-refractivity contribution is 5.92. The van der Waals surface area contributed by atoms with Crippen molar-refractivity contribution >= 4 is 24.4 Å². The zero-order valence-electron chi connectivity index (χ0n) is 35.6. The van der Waals surface area contributed by atoms with Crippen LogP contribution in [0.25, 0.3) is 0 Å². The first kappa shape index (κ1) is 46.4. The molecular formula is C51H66N2O6. The summed E-state index contributed by atoms with van der Waals surface area (Å²) in [7, 11) is 0. The third-order valence-corrected chi connectivity index (χ3v) is 9.95. The third-order valence-electron chi connectivity index (χ3n) is 9.95. The number of hydrogen-bond acceptors (Lipinski definition) is 8. The fraction of sp³-hybridized carbons (Fsp3) is 0.451. The maximum absolute atomic E-state index is 12.6. The Bertz CT molecular complexity index is 1650. The summed E-state index contributed by atoms with van der Waals surface area (Å²) in [4.78, 5) is 34.4. The molecule has 316 valence electrons. The maximum atomic E-state index is 12.6. The second-order valence-electron chi connectivity index (χ2n) is 15.0. The van der Waals surface area contributed by atoms with E-state index in [0.717, 1.165) is 80.7 Å². The van der Waals surface area contributed by atoms with E-state index in [1.165, 1.54) is 64.2 Å². The lowest BCUT2D eigenvalue weighted by atomic mass is 10.1. The number of nitrogens with zero attached hydrogens (tertiary/aromatic N) is 2. The number of ether oxygens (including phenoxy) is 4. The number of benzene rings is 4. The third kappa shape index (κ3) is 19.8. The Labute approximate surface area is 353 Å². The molecule has 59 heavy (non-hydrogen) atoms. The SMILES string of the molecule is CCCCCCCCOc1ccc(C(=O)Oc2ccc(C=NCCCCCCCN=Cc3ccc(OC(=O)c4ccc(OCCCCCCCC)cc4)cc3)cc2)cc1. The monoisotopic (exact) mass is 802 g/mol. The quantitative estimate of drug-likeness (QED) is 0.0225. The van der Waals surface area contributed by atoms with Crippen molar-refractivity contribution in [2.45, 2.75) is 123 Å². The zero-order valence-corrected chi connectivity index (χ0v) is 35.6. The minimum atomic E-state index is -0.394. The van der Waals surface area contributed by atoms with E-state index in [1.807, 2.05) is 61.0 Å². The van der Waals surface area contributed by atoms with Crippen molar-refractivity contribution in [3.63, 3.8) is 0 Å². The summed E-state index contributed by atoms with van der Waals surface area (Å²) in [6.07, 6.45) is 23.9. The molecule has 0 heterocycles. The van der Waals surface area contributed by atoms with Gasteiger partial charge in [0, 0.05) is 25.5 Å². The van der Waals surface area contributed by atoms with Crippen LogP contribution in [0.3, 0.4) is 0 Å². The number of aliphatic imine (C=N–C) groups is 2. The first-order chi connectivity index (χ1) is 29.0. The molecule has 8 nitrogen and oxygen atoms in total. The lowest BCUT2D eigenvalue weighted by Crippen LogP contribution is -2.08. The molecular weight excluding hydrogens is 737 g/mol. The number of rotatable bonds is 30. The number of carbonyl (C=O) groups excluding carboxylic acids is 2. The molecule has 0 aromatic heterocycles. The van der Waals surface area contributed by atoms with Gasteiger partial charge in [-0.25, -0.2) is 9.59 Å². The van der Waals surface area contributed by atoms with Crippen molar-refractivity contribution < 1.29 is 28.5 Å². The van der Waals surface area contributed by atoms with E-state index < -0.39 is 11.9 Å². The molecule has 0 spiro atoms. The summed E-state index contributed by atoms with van der Waals surface area (Å²) >= 11 is 0. The molecule has 4 rings (SSSR count). The summed E-state index contributed by atoms with van der Waals surface area (Å²) in [5, 5.41) is 0. The van der Waals surface area contributed by atoms with E-state index in [9.17, 15) is 9.59 Å². The van der Waals surface area contributed by atoms with E-state index in [1.54, 1.807) is 48.5 Å². The molecule has 4 aromatic carbocycles. The standard InChI is InChI=1S/C51H66N2O6/c1-3-5-7-9-14-18-38-56-46-32-24-44(25-33-46)50(54)58-48-28-20-42(21-29-48)40-52-36-16-12-11-13-17-37-53-41-43-22-30-49(31-23-43)59-51(55)45-26-34-47(35-27-45)57-39-19-15-10-8-6-4-2/h20-35,40-41H,3-19,36-39H2,1-2H3. The van der Waals surface area contributed by atoms with Crippen LogP contribution in [0.1, 0.15) is 155 Å². The van der Waals surface area contributed by atoms with Gasteiger partial charge in [-0.2, -0.15) is 0 Å². The van der Waals surface area contributed by atoms with Gasteiger partial charge in [-0.3, -0.25) is 9.98 Å². The van der Waals surface area contributed by atoms with E-state index in [-0.39, 0.29) is 0 Å². The largest absolute Gasteiger partial charge is 0.494 e. The predicted octanol–water partition coefficient (Wildman–Crippen LogP) is 13.1. The molecule has 0 amide bonds. The lowest BCUT2D eigenvalue weighted by molar-refractivity contribution is 0.0725. The highest BCUT2D eigenvalue weighted by Gasteiger charge is 2.10. The number of esters is 2. The Morgan fingerprint density at radius 1 is 0.407 bits per heavy atom. The highest BCUT2D eigenvalue weighted by Crippen LogP contribution is 2.19. The van der Waals surface area contributed by atoms with Crippen molar-refractivity contribution in [2.75, 3.05) is 26.3 Å². The smallest absolute Gasteiger partial charge is 0.343 e. The molecule has 0 radical (unpaired) electrons. The van der Waals surface area contributed by atoms with Crippen molar-refractivity contribution in [1.82, 2.24) is 0 Å². The average molecular weight is 803 g/mol. The second-order valence-corrected chi connectivity index (χ2v) is 15.0. The molecule has 0 aliphatic rings. The summed E-state index contributed by atoms with van der Waals surface area (Å²) in [5.41, 5.74) is 2.91. The fourth-order valence-corrected chi connectivity index (χ4v) is 6.37. The Morgan fingerprint density at radius 3 is 1.10 bits per heavy atom. The minimum absolute atomic E-state index is 0.394. The Balaban J connectivity index is 1.00. The first-order valence-electron chi connectivity index (χ1n) is 22.1. The average Bonchev–Trinajstić information content (AvgIpc) is 3.26. The van der Waals surface area contributed by atoms with Crippen LogP contribution in [0, 0.1) is 0 Å². The van der Waals surface area contributed by atoms with Crippen molar-refractivity contribution in [1.29, 1.82) is 0 Å². The zero-order chi connectivity index (χ0) is 41.6. The predicted molar refractivity (Wildman–Crippen MR) is 241 cm³/mol.